The van der Waals surface area contributed by atoms with Crippen molar-refractivity contribution in [2.24, 2.45) is 0 Å². The van der Waals surface area contributed by atoms with Gasteiger partial charge in [-0.1, -0.05) is 60.4 Å². The summed E-state index contributed by atoms with van der Waals surface area (Å²) in [6.07, 6.45) is 45.1. The summed E-state index contributed by atoms with van der Waals surface area (Å²) in [7, 11) is 0. The number of nitrogens with zero attached hydrogens (tertiary/aromatic N) is 6. The van der Waals surface area contributed by atoms with Crippen molar-refractivity contribution >= 4 is 0 Å². The van der Waals surface area contributed by atoms with Gasteiger partial charge in [-0.25, -0.2) is 47.1 Å². The minimum Gasteiger partial charge on any atom is -0.260 e. The third-order valence-electron chi connectivity index (χ3n) is 9.58. The predicted octanol–water partition coefficient (Wildman–Crippen LogP) is 15.0. The van der Waals surface area contributed by atoms with E-state index in [-0.39, 0.29) is 34.1 Å². The average Bonchev–Trinajstić information content (AvgIpc) is 4.18. The molecule has 6 aromatic rings. The van der Waals surface area contributed by atoms with Gasteiger partial charge in [-0.15, -0.1) is 66.8 Å². The number of aryl methyl sites for hydroxylation is 2. The van der Waals surface area contributed by atoms with Crippen molar-refractivity contribution in [3.8, 4) is 24.7 Å². The van der Waals surface area contributed by atoms with E-state index in [0.717, 1.165) is 75.8 Å². The summed E-state index contributed by atoms with van der Waals surface area (Å²) in [4.78, 5) is 0. The Kier molecular flexibility index (Phi) is 46.9. The van der Waals surface area contributed by atoms with Gasteiger partial charge in [-0.3, -0.25) is 4.68 Å². The Bertz CT molecular complexity index is 1750. The molecule has 0 radical (unpaired) electrons. The fourth-order valence-electron chi connectivity index (χ4n) is 6.04. The Labute approximate surface area is 422 Å². The molecule has 0 bridgehead atoms. The van der Waals surface area contributed by atoms with Gasteiger partial charge >= 0.3 is 34.1 Å². The maximum Gasteiger partial charge on any atom is 2.00 e. The number of terminal acetylenes is 2. The van der Waals surface area contributed by atoms with Crippen LogP contribution in [-0.4, -0.2) is 30.0 Å². The number of rotatable bonds is 26. The van der Waals surface area contributed by atoms with E-state index in [1.54, 1.807) is 0 Å². The SMILES string of the molecule is C#CCCCCCC=C.C#CCCCCCC=C.C=CCCCCCc1cn(Cc2cc[cH-]c2)nn1.C=CCCCCCc1cn(Cc2ccc[cH-]2)nn1.[Fe+2].[Fe+2].c1cc[cH-]c1.c1cc[cH-]c1. The predicted molar refractivity (Wildman–Crippen MR) is 275 cm³/mol. The third kappa shape index (κ3) is 39.2. The number of aromatic nitrogens is 6. The molecule has 2 aromatic heterocycles. The van der Waals surface area contributed by atoms with Crippen LogP contribution in [0.2, 0.25) is 0 Å². The Hall–Kier alpha value is -5.20. The maximum absolute atomic E-state index is 5.07. The van der Waals surface area contributed by atoms with Gasteiger partial charge in [0.2, 0.25) is 0 Å². The van der Waals surface area contributed by atoms with Crippen molar-refractivity contribution in [1.29, 1.82) is 0 Å². The minimum absolute atomic E-state index is 0. The topological polar surface area (TPSA) is 61.4 Å². The average molecular weight is 971 g/mol. The van der Waals surface area contributed by atoms with Crippen LogP contribution in [0.15, 0.2) is 172 Å². The smallest absolute Gasteiger partial charge is 0.260 e. The van der Waals surface area contributed by atoms with E-state index in [1.165, 1.54) is 88.2 Å². The molecule has 66 heavy (non-hydrogen) atoms. The van der Waals surface area contributed by atoms with Crippen LogP contribution in [0.25, 0.3) is 0 Å². The molecule has 0 N–H and O–H groups in total. The summed E-state index contributed by atoms with van der Waals surface area (Å²) >= 11 is 0. The van der Waals surface area contributed by atoms with Crippen LogP contribution >= 0.6 is 0 Å². The van der Waals surface area contributed by atoms with Crippen LogP contribution in [0.5, 0.6) is 0 Å². The molecule has 0 atom stereocenters. The number of hydrogen-bond acceptors (Lipinski definition) is 4. The molecule has 6 rings (SSSR count). The Morgan fingerprint density at radius 1 is 0.500 bits per heavy atom. The van der Waals surface area contributed by atoms with Gasteiger partial charge in [-0.05, 0) is 89.9 Å². The second kappa shape index (κ2) is 49.2. The molecule has 0 unspecified atom stereocenters. The summed E-state index contributed by atoms with van der Waals surface area (Å²) in [6, 6.07) is 36.6. The van der Waals surface area contributed by atoms with Crippen molar-refractivity contribution in [2.75, 3.05) is 0 Å². The summed E-state index contributed by atoms with van der Waals surface area (Å²) in [6.45, 7) is 16.4. The molecule has 356 valence electrons. The van der Waals surface area contributed by atoms with Crippen molar-refractivity contribution in [3.05, 3.63) is 195 Å². The van der Waals surface area contributed by atoms with E-state index in [1.807, 2.05) is 119 Å². The molecule has 0 aliphatic carbocycles. The molecule has 8 heteroatoms. The second-order valence-electron chi connectivity index (χ2n) is 15.3. The monoisotopic (exact) mass is 970 g/mol. The van der Waals surface area contributed by atoms with E-state index in [2.05, 4.69) is 95.4 Å². The number of unbranched alkanes of at least 4 members (excludes halogenated alkanes) is 14. The van der Waals surface area contributed by atoms with E-state index in [0.29, 0.717) is 0 Å². The first-order valence-corrected chi connectivity index (χ1v) is 23.4. The van der Waals surface area contributed by atoms with Gasteiger partial charge < -0.3 is 0 Å². The molecule has 4 aromatic carbocycles. The largest absolute Gasteiger partial charge is 2.00 e. The quantitative estimate of drug-likeness (QED) is 0.0179. The van der Waals surface area contributed by atoms with Gasteiger partial charge in [0.1, 0.15) is 0 Å². The minimum atomic E-state index is 0. The Balaban J connectivity index is 0. The molecule has 0 amide bonds. The van der Waals surface area contributed by atoms with Crippen molar-refractivity contribution in [3.63, 3.8) is 0 Å². The fraction of sp³-hybridized carbons (Fsp3) is 0.379. The van der Waals surface area contributed by atoms with Crippen LogP contribution in [0.4, 0.5) is 0 Å². The standard InChI is InChI=1S/2C15H20N3.2C9H14.2C5H5.2Fe/c2*1-2-3-4-5-6-11-15-13-18(17-16-15)12-14-9-7-8-10-14;2*1-3-5-7-9-8-6-4-2;2*1-2-4-5-3-1;;/h2*2,7-10,13H,1,3-6,11-12H2;2*1,4H,2,5-9H2;2*1-5H;;/q2*-1;;;2*-1;2*+2. The molecular weight excluding hydrogens is 892 g/mol. The molecule has 0 aliphatic rings. The summed E-state index contributed by atoms with van der Waals surface area (Å²) in [5.41, 5.74) is 4.75. The van der Waals surface area contributed by atoms with Crippen molar-refractivity contribution < 1.29 is 34.1 Å². The summed E-state index contributed by atoms with van der Waals surface area (Å²) in [5.74, 6) is 5.24. The van der Waals surface area contributed by atoms with Crippen LogP contribution in [-0.2, 0) is 60.1 Å². The zero-order valence-electron chi connectivity index (χ0n) is 39.8. The Morgan fingerprint density at radius 2 is 0.939 bits per heavy atom. The van der Waals surface area contributed by atoms with Crippen LogP contribution in [0.1, 0.15) is 138 Å². The van der Waals surface area contributed by atoms with E-state index in [9.17, 15) is 0 Å². The molecule has 0 spiro atoms. The molecule has 0 aliphatic heterocycles. The van der Waals surface area contributed by atoms with Crippen molar-refractivity contribution in [2.45, 2.75) is 142 Å². The third-order valence-corrected chi connectivity index (χ3v) is 9.58. The first kappa shape index (κ1) is 62.9. The normalized spacial score (nSPS) is 9.30. The van der Waals surface area contributed by atoms with Crippen LogP contribution in [0, 0.1) is 24.7 Å². The first-order valence-electron chi connectivity index (χ1n) is 23.4. The van der Waals surface area contributed by atoms with Crippen molar-refractivity contribution in [1.82, 2.24) is 30.0 Å². The van der Waals surface area contributed by atoms with Gasteiger partial charge in [0.25, 0.3) is 0 Å². The summed E-state index contributed by atoms with van der Waals surface area (Å²) in [5, 5.41) is 16.7. The number of allylic oxidation sites excluding steroid dienone is 4. The maximum atomic E-state index is 5.07. The zero-order valence-corrected chi connectivity index (χ0v) is 42.0. The molecule has 6 nitrogen and oxygen atoms in total. The van der Waals surface area contributed by atoms with Gasteiger partial charge in [0.15, 0.2) is 0 Å². The first-order chi connectivity index (χ1) is 31.6. The second-order valence-corrected chi connectivity index (χ2v) is 15.3. The molecule has 0 saturated heterocycles. The van der Waals surface area contributed by atoms with Crippen LogP contribution in [0.3, 0.4) is 0 Å². The molecule has 2 heterocycles. The summed E-state index contributed by atoms with van der Waals surface area (Å²) < 4.78 is 3.82. The van der Waals surface area contributed by atoms with Crippen LogP contribution < -0.4 is 0 Å². The van der Waals surface area contributed by atoms with E-state index < -0.39 is 0 Å². The molecular formula is C58H78Fe2N6. The van der Waals surface area contributed by atoms with E-state index in [4.69, 9.17) is 12.8 Å². The van der Waals surface area contributed by atoms with Gasteiger partial charge in [0.05, 0.1) is 11.4 Å². The van der Waals surface area contributed by atoms with Gasteiger partial charge in [-0.2, -0.15) is 72.3 Å². The zero-order chi connectivity index (χ0) is 46.2. The van der Waals surface area contributed by atoms with Gasteiger partial charge in [0, 0.05) is 38.3 Å². The Morgan fingerprint density at radius 3 is 1.29 bits per heavy atom. The van der Waals surface area contributed by atoms with E-state index >= 15 is 0 Å². The molecule has 0 fully saturated rings. The molecule has 0 saturated carbocycles. The fourth-order valence-corrected chi connectivity index (χ4v) is 6.04. The number of hydrogen-bond donors (Lipinski definition) is 0.